The van der Waals surface area contributed by atoms with Gasteiger partial charge in [0.2, 0.25) is 0 Å². The number of ether oxygens (including phenoxy) is 1. The van der Waals surface area contributed by atoms with E-state index in [-0.39, 0.29) is 0 Å². The van der Waals surface area contributed by atoms with E-state index in [9.17, 15) is 4.79 Å². The first-order valence-corrected chi connectivity index (χ1v) is 6.53. The minimum atomic E-state index is -0.441. The fraction of sp³-hybridized carbons (Fsp3) is 0.0833. The molecule has 1 heterocycles. The van der Waals surface area contributed by atoms with E-state index in [1.165, 1.54) is 18.4 Å². The van der Waals surface area contributed by atoms with Crippen LogP contribution in [-0.4, -0.2) is 13.1 Å². The summed E-state index contributed by atoms with van der Waals surface area (Å²) >= 11 is 13.1. The maximum Gasteiger partial charge on any atom is 0.350 e. The highest BCUT2D eigenvalue weighted by molar-refractivity contribution is 7.18. The molecule has 6 heteroatoms. The monoisotopic (exact) mass is 301 g/mol. The lowest BCUT2D eigenvalue weighted by atomic mass is 10.2. The largest absolute Gasteiger partial charge is 0.465 e. The van der Waals surface area contributed by atoms with Crippen LogP contribution in [0.15, 0.2) is 24.3 Å². The maximum absolute atomic E-state index is 11.5. The fourth-order valence-electron chi connectivity index (χ4n) is 1.45. The number of halogens is 2. The Labute approximate surface area is 118 Å². The fourth-order valence-corrected chi connectivity index (χ4v) is 2.74. The lowest BCUT2D eigenvalue weighted by Crippen LogP contribution is -2.00. The number of methoxy groups -OCH3 is 1. The van der Waals surface area contributed by atoms with Gasteiger partial charge in [-0.1, -0.05) is 29.3 Å². The molecule has 0 saturated heterocycles. The van der Waals surface area contributed by atoms with E-state index in [1.54, 1.807) is 18.2 Å². The van der Waals surface area contributed by atoms with Crippen LogP contribution in [0.5, 0.6) is 0 Å². The van der Waals surface area contributed by atoms with Crippen LogP contribution in [-0.2, 0) is 4.74 Å². The zero-order valence-corrected chi connectivity index (χ0v) is 11.7. The minimum absolute atomic E-state index is 0.388. The summed E-state index contributed by atoms with van der Waals surface area (Å²) in [5, 5.41) is 0.943. The minimum Gasteiger partial charge on any atom is -0.465 e. The summed E-state index contributed by atoms with van der Waals surface area (Å²) in [4.78, 5) is 12.7. The van der Waals surface area contributed by atoms with Crippen LogP contribution in [0.3, 0.4) is 0 Å². The van der Waals surface area contributed by atoms with E-state index in [4.69, 9.17) is 28.9 Å². The summed E-state index contributed by atoms with van der Waals surface area (Å²) in [6.07, 6.45) is 0. The number of carbonyl (C=O) groups is 1. The van der Waals surface area contributed by atoms with E-state index in [2.05, 4.69) is 4.74 Å². The van der Waals surface area contributed by atoms with Gasteiger partial charge in [-0.25, -0.2) is 4.79 Å². The molecule has 0 bridgehead atoms. The highest BCUT2D eigenvalue weighted by Crippen LogP contribution is 2.36. The zero-order valence-electron chi connectivity index (χ0n) is 9.37. The van der Waals surface area contributed by atoms with Crippen LogP contribution >= 0.6 is 34.5 Å². The van der Waals surface area contributed by atoms with Crippen molar-refractivity contribution in [2.24, 2.45) is 0 Å². The molecule has 0 unspecified atom stereocenters. The zero-order chi connectivity index (χ0) is 13.3. The number of thiophene rings is 1. The van der Waals surface area contributed by atoms with Gasteiger partial charge in [0, 0.05) is 4.88 Å². The topological polar surface area (TPSA) is 52.3 Å². The van der Waals surface area contributed by atoms with E-state index >= 15 is 0 Å². The average molecular weight is 302 g/mol. The van der Waals surface area contributed by atoms with Crippen molar-refractivity contribution in [1.82, 2.24) is 0 Å². The molecule has 0 amide bonds. The van der Waals surface area contributed by atoms with Gasteiger partial charge in [-0.05, 0) is 23.8 Å². The van der Waals surface area contributed by atoms with Crippen molar-refractivity contribution in [2.75, 3.05) is 12.8 Å². The van der Waals surface area contributed by atoms with Gasteiger partial charge in [0.25, 0.3) is 0 Å². The number of rotatable bonds is 2. The molecular weight excluding hydrogens is 293 g/mol. The third-order valence-corrected chi connectivity index (χ3v) is 4.25. The molecule has 1 aromatic carbocycles. The molecule has 0 aliphatic rings. The van der Waals surface area contributed by atoms with E-state index in [1.807, 2.05) is 6.07 Å². The highest BCUT2D eigenvalue weighted by atomic mass is 35.5. The van der Waals surface area contributed by atoms with Gasteiger partial charge < -0.3 is 10.5 Å². The predicted molar refractivity (Wildman–Crippen MR) is 75.5 cm³/mol. The quantitative estimate of drug-likeness (QED) is 0.850. The van der Waals surface area contributed by atoms with E-state index in [0.29, 0.717) is 20.6 Å². The van der Waals surface area contributed by atoms with Crippen LogP contribution in [0.1, 0.15) is 9.67 Å². The lowest BCUT2D eigenvalue weighted by molar-refractivity contribution is 0.0607. The van der Waals surface area contributed by atoms with E-state index in [0.717, 1.165) is 10.4 Å². The van der Waals surface area contributed by atoms with Gasteiger partial charge in [-0.15, -0.1) is 11.3 Å². The molecule has 1 aromatic heterocycles. The Morgan fingerprint density at radius 1 is 1.28 bits per heavy atom. The first-order valence-electron chi connectivity index (χ1n) is 4.96. The number of hydrogen-bond acceptors (Lipinski definition) is 4. The standard InChI is InChI=1S/C12H9Cl2NO2S/c1-17-12(16)11-9(15)5-10(18-11)6-2-3-7(13)8(14)4-6/h2-5H,15H2,1H3. The van der Waals surface area contributed by atoms with Crippen LogP contribution < -0.4 is 5.73 Å². The van der Waals surface area contributed by atoms with Crippen molar-refractivity contribution in [3.63, 3.8) is 0 Å². The molecular formula is C12H9Cl2NO2S. The summed E-state index contributed by atoms with van der Waals surface area (Å²) in [6, 6.07) is 6.97. The Hall–Kier alpha value is -1.23. The molecule has 0 aliphatic heterocycles. The number of anilines is 1. The van der Waals surface area contributed by atoms with Crippen molar-refractivity contribution in [2.45, 2.75) is 0 Å². The SMILES string of the molecule is COC(=O)c1sc(-c2ccc(Cl)c(Cl)c2)cc1N. The summed E-state index contributed by atoms with van der Waals surface area (Å²) < 4.78 is 4.65. The number of benzene rings is 1. The number of carbonyl (C=O) groups excluding carboxylic acids is 1. The van der Waals surface area contributed by atoms with Crippen LogP contribution in [0.2, 0.25) is 10.0 Å². The molecule has 0 aliphatic carbocycles. The summed E-state index contributed by atoms with van der Waals surface area (Å²) in [7, 11) is 1.32. The van der Waals surface area contributed by atoms with Crippen molar-refractivity contribution in [3.05, 3.63) is 39.2 Å². The molecule has 2 aromatic rings. The number of hydrogen-bond donors (Lipinski definition) is 1. The number of nitrogen functional groups attached to an aromatic ring is 1. The number of esters is 1. The third-order valence-electron chi connectivity index (χ3n) is 2.34. The Morgan fingerprint density at radius 2 is 2.00 bits per heavy atom. The summed E-state index contributed by atoms with van der Waals surface area (Å²) in [5.41, 5.74) is 7.03. The van der Waals surface area contributed by atoms with E-state index < -0.39 is 5.97 Å². The van der Waals surface area contributed by atoms with Crippen LogP contribution in [0.4, 0.5) is 5.69 Å². The summed E-state index contributed by atoms with van der Waals surface area (Å²) in [5.74, 6) is -0.441. The smallest absolute Gasteiger partial charge is 0.350 e. The number of nitrogens with two attached hydrogens (primary N) is 1. The predicted octanol–water partition coefficient (Wildman–Crippen LogP) is 4.09. The van der Waals surface area contributed by atoms with Gasteiger partial charge in [0.05, 0.1) is 22.8 Å². The molecule has 0 spiro atoms. The Kier molecular flexibility index (Phi) is 3.80. The van der Waals surface area contributed by atoms with Crippen molar-refractivity contribution >= 4 is 46.2 Å². The van der Waals surface area contributed by atoms with Gasteiger partial charge in [0.1, 0.15) is 4.88 Å². The molecule has 0 saturated carbocycles. The van der Waals surface area contributed by atoms with Crippen LogP contribution in [0, 0.1) is 0 Å². The second-order valence-electron chi connectivity index (χ2n) is 3.52. The average Bonchev–Trinajstić information content (AvgIpc) is 2.74. The normalized spacial score (nSPS) is 10.4. The lowest BCUT2D eigenvalue weighted by Gasteiger charge is -1.99. The Morgan fingerprint density at radius 3 is 2.61 bits per heavy atom. The van der Waals surface area contributed by atoms with Crippen LogP contribution in [0.25, 0.3) is 10.4 Å². The second kappa shape index (κ2) is 5.18. The van der Waals surface area contributed by atoms with Crippen molar-refractivity contribution < 1.29 is 9.53 Å². The molecule has 0 radical (unpaired) electrons. The Bertz CT molecular complexity index is 610. The molecule has 2 rings (SSSR count). The molecule has 3 nitrogen and oxygen atoms in total. The first kappa shape index (κ1) is 13.2. The Balaban J connectivity index is 2.45. The molecule has 2 N–H and O–H groups in total. The highest BCUT2D eigenvalue weighted by Gasteiger charge is 2.16. The van der Waals surface area contributed by atoms with Gasteiger partial charge in [-0.3, -0.25) is 0 Å². The maximum atomic E-state index is 11.5. The van der Waals surface area contributed by atoms with Gasteiger partial charge in [-0.2, -0.15) is 0 Å². The molecule has 0 atom stereocenters. The first-order chi connectivity index (χ1) is 8.52. The van der Waals surface area contributed by atoms with Crippen molar-refractivity contribution in [1.29, 1.82) is 0 Å². The molecule has 94 valence electrons. The van der Waals surface area contributed by atoms with Gasteiger partial charge >= 0.3 is 5.97 Å². The second-order valence-corrected chi connectivity index (χ2v) is 5.38. The van der Waals surface area contributed by atoms with Gasteiger partial charge in [0.15, 0.2) is 0 Å². The molecule has 0 fully saturated rings. The third kappa shape index (κ3) is 2.46. The summed E-state index contributed by atoms with van der Waals surface area (Å²) in [6.45, 7) is 0. The van der Waals surface area contributed by atoms with Crippen molar-refractivity contribution in [3.8, 4) is 10.4 Å². The molecule has 18 heavy (non-hydrogen) atoms.